The summed E-state index contributed by atoms with van der Waals surface area (Å²) in [6, 6.07) is 3.38. The van der Waals surface area contributed by atoms with Gasteiger partial charge in [-0.15, -0.1) is 0 Å². The molecule has 2 heterocycles. The van der Waals surface area contributed by atoms with E-state index < -0.39 is 0 Å². The van der Waals surface area contributed by atoms with Crippen LogP contribution in [-0.4, -0.2) is 40.9 Å². The van der Waals surface area contributed by atoms with Crippen LogP contribution in [0.3, 0.4) is 0 Å². The molecule has 1 aliphatic heterocycles. The molecule has 18 heavy (non-hydrogen) atoms. The van der Waals surface area contributed by atoms with Crippen LogP contribution in [-0.2, 0) is 0 Å². The molecule has 0 saturated carbocycles. The number of hydrogen-bond donors (Lipinski definition) is 0. The van der Waals surface area contributed by atoms with Crippen molar-refractivity contribution in [2.45, 2.75) is 19.3 Å². The van der Waals surface area contributed by atoms with Crippen molar-refractivity contribution in [2.75, 3.05) is 18.0 Å². The SMILES string of the molecule is O=[N+]([O-])c1ccc(N2CCCCC2)c2n[se]nc12. The van der Waals surface area contributed by atoms with Crippen LogP contribution in [0.15, 0.2) is 12.1 Å². The molecule has 0 bridgehead atoms. The summed E-state index contributed by atoms with van der Waals surface area (Å²) in [5.41, 5.74) is 2.29. The molecule has 0 aliphatic carbocycles. The summed E-state index contributed by atoms with van der Waals surface area (Å²) in [5.74, 6) is 0. The molecule has 1 aliphatic rings. The van der Waals surface area contributed by atoms with E-state index in [9.17, 15) is 10.1 Å². The average molecular weight is 311 g/mol. The van der Waals surface area contributed by atoms with Crippen LogP contribution in [0.5, 0.6) is 0 Å². The molecule has 6 nitrogen and oxygen atoms in total. The van der Waals surface area contributed by atoms with Gasteiger partial charge in [0.15, 0.2) is 0 Å². The van der Waals surface area contributed by atoms with E-state index in [4.69, 9.17) is 0 Å². The molecule has 7 heteroatoms. The quantitative estimate of drug-likeness (QED) is 0.478. The summed E-state index contributed by atoms with van der Waals surface area (Å²) in [5, 5.41) is 10.9. The number of non-ortho nitro benzene ring substituents is 1. The first-order chi connectivity index (χ1) is 8.77. The number of aromatic nitrogens is 2. The molecule has 0 unspecified atom stereocenters. The van der Waals surface area contributed by atoms with E-state index in [1.54, 1.807) is 6.07 Å². The maximum absolute atomic E-state index is 10.9. The predicted molar refractivity (Wildman–Crippen MR) is 69.2 cm³/mol. The van der Waals surface area contributed by atoms with Gasteiger partial charge in [0.1, 0.15) is 0 Å². The Balaban J connectivity index is 2.10. The fourth-order valence-corrected chi connectivity index (χ4v) is 3.56. The Labute approximate surface area is 110 Å². The van der Waals surface area contributed by atoms with Crippen molar-refractivity contribution in [3.8, 4) is 0 Å². The second-order valence-corrected chi connectivity index (χ2v) is 5.48. The average Bonchev–Trinajstić information content (AvgIpc) is 2.87. The number of nitro groups is 1. The van der Waals surface area contributed by atoms with E-state index in [1.807, 2.05) is 6.07 Å². The molecule has 94 valence electrons. The number of anilines is 1. The van der Waals surface area contributed by atoms with Crippen molar-refractivity contribution in [1.82, 2.24) is 7.96 Å². The van der Waals surface area contributed by atoms with Crippen LogP contribution in [0, 0.1) is 10.1 Å². The third kappa shape index (κ3) is 1.89. The predicted octanol–water partition coefficient (Wildman–Crippen LogP) is 1.59. The topological polar surface area (TPSA) is 72.2 Å². The molecule has 1 saturated heterocycles. The Morgan fingerprint density at radius 2 is 1.89 bits per heavy atom. The van der Waals surface area contributed by atoms with Crippen molar-refractivity contribution in [2.24, 2.45) is 0 Å². The summed E-state index contributed by atoms with van der Waals surface area (Å²) < 4.78 is 8.57. The number of nitrogens with zero attached hydrogens (tertiary/aromatic N) is 4. The van der Waals surface area contributed by atoms with Crippen LogP contribution < -0.4 is 4.90 Å². The molecule has 0 atom stereocenters. The van der Waals surface area contributed by atoms with Gasteiger partial charge in [0.2, 0.25) is 0 Å². The van der Waals surface area contributed by atoms with Gasteiger partial charge in [0.25, 0.3) is 0 Å². The molecule has 1 aromatic heterocycles. The normalized spacial score (nSPS) is 16.1. The van der Waals surface area contributed by atoms with Gasteiger partial charge >= 0.3 is 110 Å². The first-order valence-corrected chi connectivity index (χ1v) is 7.45. The summed E-state index contributed by atoms with van der Waals surface area (Å²) in [4.78, 5) is 12.8. The number of benzene rings is 1. The fourth-order valence-electron chi connectivity index (χ4n) is 2.38. The van der Waals surface area contributed by atoms with Gasteiger partial charge in [0, 0.05) is 0 Å². The van der Waals surface area contributed by atoms with Crippen molar-refractivity contribution < 1.29 is 4.92 Å². The van der Waals surface area contributed by atoms with E-state index in [0.29, 0.717) is 5.52 Å². The van der Waals surface area contributed by atoms with Crippen LogP contribution in [0.25, 0.3) is 11.0 Å². The zero-order valence-corrected chi connectivity index (χ0v) is 11.4. The Hall–Kier alpha value is -1.46. The van der Waals surface area contributed by atoms with E-state index in [0.717, 1.165) is 24.3 Å². The molecule has 0 amide bonds. The molecular weight excluding hydrogens is 299 g/mol. The second kappa shape index (κ2) is 4.66. The van der Waals surface area contributed by atoms with E-state index in [-0.39, 0.29) is 25.6 Å². The summed E-state index contributed by atoms with van der Waals surface area (Å²) in [6.07, 6.45) is 3.61. The van der Waals surface area contributed by atoms with Crippen molar-refractivity contribution in [3.63, 3.8) is 0 Å². The fraction of sp³-hybridized carbons (Fsp3) is 0.455. The summed E-state index contributed by atoms with van der Waals surface area (Å²) >= 11 is -0.237. The molecule has 0 radical (unpaired) electrons. The minimum absolute atomic E-state index is 0.0777. The number of piperidine rings is 1. The maximum atomic E-state index is 10.9. The number of nitro benzene ring substituents is 1. The van der Waals surface area contributed by atoms with Crippen molar-refractivity contribution in [1.29, 1.82) is 0 Å². The summed E-state index contributed by atoms with van der Waals surface area (Å²) in [6.45, 7) is 2.01. The Morgan fingerprint density at radius 3 is 2.61 bits per heavy atom. The zero-order chi connectivity index (χ0) is 12.5. The third-order valence-electron chi connectivity index (χ3n) is 3.27. The van der Waals surface area contributed by atoms with Gasteiger partial charge < -0.3 is 0 Å². The molecular formula is C11H12N4O2Se. The first-order valence-electron chi connectivity index (χ1n) is 5.92. The van der Waals surface area contributed by atoms with E-state index >= 15 is 0 Å². The third-order valence-corrected chi connectivity index (χ3v) is 4.38. The van der Waals surface area contributed by atoms with Gasteiger partial charge in [-0.1, -0.05) is 0 Å². The van der Waals surface area contributed by atoms with Crippen molar-refractivity contribution in [3.05, 3.63) is 22.2 Å². The van der Waals surface area contributed by atoms with Gasteiger partial charge in [-0.25, -0.2) is 0 Å². The van der Waals surface area contributed by atoms with Gasteiger partial charge in [0.05, 0.1) is 0 Å². The molecule has 0 N–H and O–H groups in total. The van der Waals surface area contributed by atoms with E-state index in [2.05, 4.69) is 12.9 Å². The van der Waals surface area contributed by atoms with Gasteiger partial charge in [-0.05, 0) is 0 Å². The second-order valence-electron chi connectivity index (χ2n) is 4.37. The Morgan fingerprint density at radius 1 is 1.17 bits per heavy atom. The minimum atomic E-state index is -0.376. The van der Waals surface area contributed by atoms with Gasteiger partial charge in [-0.2, -0.15) is 0 Å². The van der Waals surface area contributed by atoms with E-state index in [1.165, 1.54) is 19.3 Å². The molecule has 2 aromatic rings. The molecule has 3 rings (SSSR count). The molecule has 1 aromatic carbocycles. The van der Waals surface area contributed by atoms with Gasteiger partial charge in [-0.3, -0.25) is 0 Å². The Bertz CT molecular complexity index is 592. The Kier molecular flexibility index (Phi) is 3.01. The molecule has 1 fully saturated rings. The van der Waals surface area contributed by atoms with Crippen LogP contribution in [0.2, 0.25) is 0 Å². The number of fused-ring (bicyclic) bond motifs is 1. The standard InChI is InChI=1S/C11H12N4O2Se/c16-15(17)9-5-4-8(10-11(9)13-18-12-10)14-6-2-1-3-7-14/h4-5H,1-3,6-7H2. The monoisotopic (exact) mass is 312 g/mol. The first kappa shape index (κ1) is 11.6. The zero-order valence-electron chi connectivity index (χ0n) is 9.70. The van der Waals surface area contributed by atoms with Crippen molar-refractivity contribution >= 4 is 37.4 Å². The number of hydrogen-bond acceptors (Lipinski definition) is 5. The number of rotatable bonds is 2. The van der Waals surface area contributed by atoms with Crippen LogP contribution in [0.4, 0.5) is 11.4 Å². The van der Waals surface area contributed by atoms with Crippen LogP contribution >= 0.6 is 0 Å². The van der Waals surface area contributed by atoms with Crippen LogP contribution in [0.1, 0.15) is 19.3 Å². The summed E-state index contributed by atoms with van der Waals surface area (Å²) in [7, 11) is 0. The molecule has 0 spiro atoms.